The Hall–Kier alpha value is -2.19. The van der Waals surface area contributed by atoms with E-state index in [0.717, 1.165) is 20.9 Å². The molecule has 0 fully saturated rings. The number of aryl methyl sites for hydroxylation is 1. The van der Waals surface area contributed by atoms with Gasteiger partial charge in [-0.05, 0) is 54.4 Å². The molecule has 0 aromatic heterocycles. The largest absolute Gasteiger partial charge is 0.456 e. The molecule has 0 atom stereocenters. The molecule has 0 aliphatic rings. The lowest BCUT2D eigenvalue weighted by Gasteiger charge is -2.11. The third-order valence-electron chi connectivity index (χ3n) is 3.77. The monoisotopic (exact) mass is 510 g/mol. The fourth-order valence-electron chi connectivity index (χ4n) is 2.35. The predicted molar refractivity (Wildman–Crippen MR) is 115 cm³/mol. The van der Waals surface area contributed by atoms with E-state index in [1.54, 1.807) is 30.3 Å². The van der Waals surface area contributed by atoms with Crippen molar-refractivity contribution in [2.75, 3.05) is 17.2 Å². The molecule has 8 heteroatoms. The number of nitrogens with one attached hydrogen (secondary N) is 2. The number of ether oxygens (including phenoxy) is 1. The van der Waals surface area contributed by atoms with Gasteiger partial charge in [0.25, 0.3) is 5.91 Å². The normalized spacial score (nSPS) is 10.2. The Morgan fingerprint density at radius 2 is 1.57 bits per heavy atom. The van der Waals surface area contributed by atoms with E-state index in [1.165, 1.54) is 0 Å². The van der Waals surface area contributed by atoms with Gasteiger partial charge in [0.1, 0.15) is 0 Å². The molecule has 2 rings (SSSR count). The maximum absolute atomic E-state index is 12.0. The van der Waals surface area contributed by atoms with Crippen molar-refractivity contribution in [2.45, 2.75) is 26.2 Å². The van der Waals surface area contributed by atoms with Crippen LogP contribution in [0.5, 0.6) is 0 Å². The number of hydrogen-bond acceptors (Lipinski definition) is 4. The van der Waals surface area contributed by atoms with Gasteiger partial charge in [0, 0.05) is 26.7 Å². The van der Waals surface area contributed by atoms with Gasteiger partial charge in [-0.1, -0.05) is 38.8 Å². The number of benzene rings is 2. The first-order valence-corrected chi connectivity index (χ1v) is 10.2. The van der Waals surface area contributed by atoms with Crippen molar-refractivity contribution in [2.24, 2.45) is 0 Å². The average Bonchev–Trinajstić information content (AvgIpc) is 2.68. The molecule has 2 aromatic rings. The molecule has 2 N–H and O–H groups in total. The summed E-state index contributed by atoms with van der Waals surface area (Å²) in [7, 11) is 0. The Bertz CT molecular complexity index is 854. The van der Waals surface area contributed by atoms with Crippen LogP contribution in [0.4, 0.5) is 11.4 Å². The van der Waals surface area contributed by atoms with Crippen LogP contribution in [0.3, 0.4) is 0 Å². The van der Waals surface area contributed by atoms with Crippen LogP contribution < -0.4 is 10.6 Å². The van der Waals surface area contributed by atoms with Crippen LogP contribution in [-0.4, -0.2) is 24.4 Å². The summed E-state index contributed by atoms with van der Waals surface area (Å²) >= 11 is 6.70. The molecule has 0 saturated carbocycles. The van der Waals surface area contributed by atoms with E-state index < -0.39 is 18.5 Å². The van der Waals surface area contributed by atoms with Crippen LogP contribution in [0.15, 0.2) is 51.4 Å². The van der Waals surface area contributed by atoms with Gasteiger partial charge in [-0.3, -0.25) is 14.4 Å². The van der Waals surface area contributed by atoms with E-state index in [4.69, 9.17) is 4.74 Å². The summed E-state index contributed by atoms with van der Waals surface area (Å²) in [6, 6.07) is 12.6. The number of anilines is 2. The Morgan fingerprint density at radius 3 is 2.25 bits per heavy atom. The zero-order valence-electron chi connectivity index (χ0n) is 15.3. The second-order valence-corrected chi connectivity index (χ2v) is 7.75. The standard InChI is InChI=1S/C20H20Br2N2O4/c1-2-13-11-15(22)5-8-17(13)24-19(26)12-28-20(27)10-9-18(25)23-16-6-3-14(21)4-7-16/h3-8,11H,2,9-10,12H2,1H3,(H,23,25)(H,24,26). The number of rotatable bonds is 8. The third-order valence-corrected chi connectivity index (χ3v) is 4.79. The minimum absolute atomic E-state index is 0.0246. The van der Waals surface area contributed by atoms with Gasteiger partial charge in [0.2, 0.25) is 5.91 Å². The first-order valence-electron chi connectivity index (χ1n) is 8.66. The summed E-state index contributed by atoms with van der Waals surface area (Å²) in [4.78, 5) is 35.6. The molecule has 2 amide bonds. The Balaban J connectivity index is 1.72. The maximum Gasteiger partial charge on any atom is 0.306 e. The van der Waals surface area contributed by atoms with Crippen molar-refractivity contribution < 1.29 is 19.1 Å². The molecule has 0 spiro atoms. The molecule has 0 aliphatic heterocycles. The second-order valence-electron chi connectivity index (χ2n) is 5.92. The van der Waals surface area contributed by atoms with Gasteiger partial charge in [-0.25, -0.2) is 0 Å². The van der Waals surface area contributed by atoms with Crippen LogP contribution in [-0.2, 0) is 25.5 Å². The lowest BCUT2D eigenvalue weighted by molar-refractivity contribution is -0.147. The van der Waals surface area contributed by atoms with Crippen LogP contribution in [0.2, 0.25) is 0 Å². The number of esters is 1. The van der Waals surface area contributed by atoms with Crippen LogP contribution in [0.1, 0.15) is 25.3 Å². The van der Waals surface area contributed by atoms with E-state index in [-0.39, 0.29) is 18.7 Å². The lowest BCUT2D eigenvalue weighted by atomic mass is 10.1. The van der Waals surface area contributed by atoms with Crippen molar-refractivity contribution in [3.05, 3.63) is 57.0 Å². The van der Waals surface area contributed by atoms with E-state index >= 15 is 0 Å². The van der Waals surface area contributed by atoms with Crippen LogP contribution in [0, 0.1) is 0 Å². The molecule has 28 heavy (non-hydrogen) atoms. The van der Waals surface area contributed by atoms with E-state index in [9.17, 15) is 14.4 Å². The van der Waals surface area contributed by atoms with E-state index in [2.05, 4.69) is 42.5 Å². The summed E-state index contributed by atoms with van der Waals surface area (Å²) in [5, 5.41) is 5.41. The molecule has 2 aromatic carbocycles. The minimum atomic E-state index is -0.604. The smallest absolute Gasteiger partial charge is 0.306 e. The number of carbonyl (C=O) groups excluding carboxylic acids is 3. The van der Waals surface area contributed by atoms with E-state index in [0.29, 0.717) is 11.4 Å². The highest BCUT2D eigenvalue weighted by Crippen LogP contribution is 2.21. The van der Waals surface area contributed by atoms with Crippen molar-refractivity contribution in [1.29, 1.82) is 0 Å². The van der Waals surface area contributed by atoms with Crippen molar-refractivity contribution in [3.8, 4) is 0 Å². The van der Waals surface area contributed by atoms with Gasteiger partial charge >= 0.3 is 5.97 Å². The summed E-state index contributed by atoms with van der Waals surface area (Å²) in [6.45, 7) is 1.59. The van der Waals surface area contributed by atoms with Crippen molar-refractivity contribution in [1.82, 2.24) is 0 Å². The molecule has 6 nitrogen and oxygen atoms in total. The van der Waals surface area contributed by atoms with Gasteiger partial charge in [0.15, 0.2) is 6.61 Å². The lowest BCUT2D eigenvalue weighted by Crippen LogP contribution is -2.22. The second kappa shape index (κ2) is 11.0. The first kappa shape index (κ1) is 22.1. The fraction of sp³-hybridized carbons (Fsp3) is 0.250. The van der Waals surface area contributed by atoms with Crippen molar-refractivity contribution >= 4 is 61.0 Å². The van der Waals surface area contributed by atoms with Crippen LogP contribution in [0.25, 0.3) is 0 Å². The van der Waals surface area contributed by atoms with Gasteiger partial charge in [-0.15, -0.1) is 0 Å². The molecule has 0 radical (unpaired) electrons. The zero-order chi connectivity index (χ0) is 20.5. The minimum Gasteiger partial charge on any atom is -0.456 e. The fourth-order valence-corrected chi connectivity index (χ4v) is 3.03. The highest BCUT2D eigenvalue weighted by molar-refractivity contribution is 9.10. The summed E-state index contributed by atoms with van der Waals surface area (Å²) < 4.78 is 6.77. The van der Waals surface area contributed by atoms with Gasteiger partial charge < -0.3 is 15.4 Å². The van der Waals surface area contributed by atoms with Gasteiger partial charge in [0.05, 0.1) is 6.42 Å². The number of hydrogen-bond donors (Lipinski definition) is 2. The predicted octanol–water partition coefficient (Wildman–Crippen LogP) is 4.67. The molecular formula is C20H20Br2N2O4. The first-order chi connectivity index (χ1) is 13.4. The third kappa shape index (κ3) is 7.44. The van der Waals surface area contributed by atoms with Gasteiger partial charge in [-0.2, -0.15) is 0 Å². The quantitative estimate of drug-likeness (QED) is 0.504. The molecule has 148 valence electrons. The molecular weight excluding hydrogens is 492 g/mol. The van der Waals surface area contributed by atoms with Crippen molar-refractivity contribution in [3.63, 3.8) is 0 Å². The highest BCUT2D eigenvalue weighted by atomic mass is 79.9. The molecule has 0 heterocycles. The summed E-state index contributed by atoms with van der Waals surface area (Å²) in [5.41, 5.74) is 2.29. The van der Waals surface area contributed by atoms with E-state index in [1.807, 2.05) is 19.1 Å². The molecule has 0 saturated heterocycles. The molecule has 0 bridgehead atoms. The molecule has 0 aliphatic carbocycles. The Morgan fingerprint density at radius 1 is 0.893 bits per heavy atom. The topological polar surface area (TPSA) is 84.5 Å². The summed E-state index contributed by atoms with van der Waals surface area (Å²) in [5.74, 6) is -1.33. The Labute approximate surface area is 180 Å². The maximum atomic E-state index is 12.0. The number of halogens is 2. The SMILES string of the molecule is CCc1cc(Br)ccc1NC(=O)COC(=O)CCC(=O)Nc1ccc(Br)cc1. The zero-order valence-corrected chi connectivity index (χ0v) is 18.4. The summed E-state index contributed by atoms with van der Waals surface area (Å²) in [6.07, 6.45) is 0.625. The highest BCUT2D eigenvalue weighted by Gasteiger charge is 2.12. The number of amides is 2. The average molecular weight is 512 g/mol. The Kier molecular flexibility index (Phi) is 8.66. The van der Waals surface area contributed by atoms with Crippen LogP contribution >= 0.6 is 31.9 Å². The molecule has 0 unspecified atom stereocenters. The number of carbonyl (C=O) groups is 3.